The molecule has 1 aromatic heterocycles. The molecule has 26 heavy (non-hydrogen) atoms. The van der Waals surface area contributed by atoms with Gasteiger partial charge >= 0.3 is 5.97 Å². The number of thiazole rings is 1. The Morgan fingerprint density at radius 2 is 1.81 bits per heavy atom. The molecule has 142 valence electrons. The smallest absolute Gasteiger partial charge is 0.357 e. The quantitative estimate of drug-likeness (QED) is 0.246. The molecule has 0 spiro atoms. The van der Waals surface area contributed by atoms with E-state index < -0.39 is 0 Å². The maximum absolute atomic E-state index is 11.4. The Morgan fingerprint density at radius 3 is 2.54 bits per heavy atom. The molecule has 1 heterocycles. The Balaban J connectivity index is 1.65. The molecule has 0 atom stereocenters. The third-order valence-electron chi connectivity index (χ3n) is 4.27. The molecule has 0 fully saturated rings. The second kappa shape index (κ2) is 12.1. The molecule has 2 rings (SSSR count). The molecule has 5 heteroatoms. The van der Waals surface area contributed by atoms with Crippen molar-refractivity contribution in [2.75, 3.05) is 12.9 Å². The number of unbranched alkanes of at least 4 members (excludes halogenated alkanes) is 5. The van der Waals surface area contributed by atoms with Crippen LogP contribution in [-0.4, -0.2) is 23.8 Å². The molecule has 0 aliphatic carbocycles. The van der Waals surface area contributed by atoms with Gasteiger partial charge in [-0.15, -0.1) is 23.1 Å². The average Bonchev–Trinajstić information content (AvgIpc) is 3.14. The first-order valence-corrected chi connectivity index (χ1v) is 11.3. The minimum atomic E-state index is -0.360. The fraction of sp³-hybridized carbons (Fsp3) is 0.524. The molecule has 0 bridgehead atoms. The highest BCUT2D eigenvalue weighted by Crippen LogP contribution is 2.22. The minimum absolute atomic E-state index is 0.360. The fourth-order valence-electron chi connectivity index (χ4n) is 2.74. The number of ether oxygens (including phenoxy) is 1. The van der Waals surface area contributed by atoms with Crippen molar-refractivity contribution in [1.29, 1.82) is 0 Å². The van der Waals surface area contributed by atoms with E-state index in [4.69, 9.17) is 0 Å². The zero-order chi connectivity index (χ0) is 18.6. The van der Waals surface area contributed by atoms with Gasteiger partial charge in [0.15, 0.2) is 5.69 Å². The van der Waals surface area contributed by atoms with Crippen LogP contribution >= 0.6 is 23.1 Å². The molecule has 3 nitrogen and oxygen atoms in total. The number of benzene rings is 1. The zero-order valence-electron chi connectivity index (χ0n) is 15.8. The van der Waals surface area contributed by atoms with Gasteiger partial charge in [0.2, 0.25) is 0 Å². The monoisotopic (exact) mass is 391 g/mol. The number of esters is 1. The van der Waals surface area contributed by atoms with Crippen LogP contribution in [0.25, 0.3) is 0 Å². The van der Waals surface area contributed by atoms with Crippen molar-refractivity contribution >= 4 is 29.1 Å². The van der Waals surface area contributed by atoms with Gasteiger partial charge in [-0.3, -0.25) is 0 Å². The van der Waals surface area contributed by atoms with Crippen molar-refractivity contribution in [3.8, 4) is 0 Å². The summed E-state index contributed by atoms with van der Waals surface area (Å²) >= 11 is 3.36. The standard InChI is InChI=1S/C21H29NO2S2/c1-3-4-5-6-7-8-9-17-10-12-18(13-11-17)25-15-14-20-22-19(16-26-20)21(23)24-2/h10-13,16H,3-9,14-15H2,1-2H3. The van der Waals surface area contributed by atoms with E-state index in [2.05, 4.69) is 40.9 Å². The van der Waals surface area contributed by atoms with Gasteiger partial charge in [-0.25, -0.2) is 9.78 Å². The van der Waals surface area contributed by atoms with E-state index in [9.17, 15) is 4.79 Å². The Hall–Kier alpha value is -1.33. The summed E-state index contributed by atoms with van der Waals surface area (Å²) in [6.45, 7) is 2.26. The van der Waals surface area contributed by atoms with Gasteiger partial charge in [-0.1, -0.05) is 51.2 Å². The van der Waals surface area contributed by atoms with Gasteiger partial charge in [0.25, 0.3) is 0 Å². The van der Waals surface area contributed by atoms with Gasteiger partial charge in [0.05, 0.1) is 12.1 Å². The summed E-state index contributed by atoms with van der Waals surface area (Å²) in [5, 5.41) is 2.75. The second-order valence-electron chi connectivity index (χ2n) is 6.38. The largest absolute Gasteiger partial charge is 0.464 e. The molecule has 0 aliphatic heterocycles. The van der Waals surface area contributed by atoms with Crippen molar-refractivity contribution in [2.24, 2.45) is 0 Å². The molecule has 0 N–H and O–H groups in total. The Kier molecular flexibility index (Phi) is 9.78. The van der Waals surface area contributed by atoms with Crippen LogP contribution in [0.15, 0.2) is 34.5 Å². The third-order valence-corrected chi connectivity index (χ3v) is 6.20. The Morgan fingerprint density at radius 1 is 1.08 bits per heavy atom. The number of methoxy groups -OCH3 is 1. The van der Waals surface area contributed by atoms with Crippen molar-refractivity contribution in [2.45, 2.75) is 63.2 Å². The molecule has 2 aromatic rings. The first-order chi connectivity index (χ1) is 12.7. The number of carbonyl (C=O) groups excluding carboxylic acids is 1. The summed E-state index contributed by atoms with van der Waals surface area (Å²) in [6.07, 6.45) is 10.1. The van der Waals surface area contributed by atoms with E-state index in [0.717, 1.165) is 17.2 Å². The van der Waals surface area contributed by atoms with Gasteiger partial charge in [-0.05, 0) is 30.5 Å². The third kappa shape index (κ3) is 7.50. The van der Waals surface area contributed by atoms with Crippen LogP contribution in [0.4, 0.5) is 0 Å². The first-order valence-electron chi connectivity index (χ1n) is 9.47. The molecule has 0 saturated carbocycles. The van der Waals surface area contributed by atoms with E-state index >= 15 is 0 Å². The summed E-state index contributed by atoms with van der Waals surface area (Å²) in [5.41, 5.74) is 1.85. The number of carbonyl (C=O) groups is 1. The summed E-state index contributed by atoms with van der Waals surface area (Å²) < 4.78 is 4.69. The lowest BCUT2D eigenvalue weighted by Gasteiger charge is -2.04. The molecular formula is C21H29NO2S2. The SMILES string of the molecule is CCCCCCCCc1ccc(SCCc2nc(C(=O)OC)cs2)cc1. The van der Waals surface area contributed by atoms with Crippen molar-refractivity contribution in [1.82, 2.24) is 4.98 Å². The first kappa shape index (κ1) is 21.0. The molecule has 0 aliphatic rings. The molecule has 0 unspecified atom stereocenters. The number of aromatic nitrogens is 1. The van der Waals surface area contributed by atoms with Crippen molar-refractivity contribution in [3.63, 3.8) is 0 Å². The summed E-state index contributed by atoms with van der Waals surface area (Å²) in [6, 6.07) is 8.96. The van der Waals surface area contributed by atoms with Crippen LogP contribution in [0.3, 0.4) is 0 Å². The lowest BCUT2D eigenvalue weighted by atomic mass is 10.1. The van der Waals surface area contributed by atoms with Gasteiger partial charge in [0, 0.05) is 22.4 Å². The summed E-state index contributed by atoms with van der Waals surface area (Å²) in [4.78, 5) is 17.0. The average molecular weight is 392 g/mol. The Labute approximate surface area is 165 Å². The van der Waals surface area contributed by atoms with Crippen LogP contribution in [0.2, 0.25) is 0 Å². The van der Waals surface area contributed by atoms with Crippen molar-refractivity contribution in [3.05, 3.63) is 45.9 Å². The number of rotatable bonds is 12. The van der Waals surface area contributed by atoms with Crippen molar-refractivity contribution < 1.29 is 9.53 Å². The summed E-state index contributed by atoms with van der Waals surface area (Å²) in [7, 11) is 1.38. The predicted molar refractivity (Wildman–Crippen MR) is 111 cm³/mol. The lowest BCUT2D eigenvalue weighted by molar-refractivity contribution is 0.0594. The van der Waals surface area contributed by atoms with Crippen LogP contribution < -0.4 is 0 Å². The van der Waals surface area contributed by atoms with Crippen LogP contribution in [0.1, 0.15) is 66.5 Å². The molecule has 0 amide bonds. The number of nitrogens with zero attached hydrogens (tertiary/aromatic N) is 1. The molecule has 1 aromatic carbocycles. The van der Waals surface area contributed by atoms with Crippen LogP contribution in [-0.2, 0) is 17.6 Å². The van der Waals surface area contributed by atoms with E-state index in [1.54, 1.807) is 5.38 Å². The zero-order valence-corrected chi connectivity index (χ0v) is 17.5. The van der Waals surface area contributed by atoms with E-state index in [1.807, 2.05) is 11.8 Å². The van der Waals surface area contributed by atoms with E-state index in [1.165, 1.54) is 73.9 Å². The van der Waals surface area contributed by atoms with Crippen LogP contribution in [0.5, 0.6) is 0 Å². The van der Waals surface area contributed by atoms with Crippen LogP contribution in [0, 0.1) is 0 Å². The lowest BCUT2D eigenvalue weighted by Crippen LogP contribution is -2.01. The second-order valence-corrected chi connectivity index (χ2v) is 8.49. The summed E-state index contributed by atoms with van der Waals surface area (Å²) in [5.74, 6) is 0.603. The van der Waals surface area contributed by atoms with E-state index in [0.29, 0.717) is 5.69 Å². The fourth-order valence-corrected chi connectivity index (χ4v) is 4.50. The number of hydrogen-bond donors (Lipinski definition) is 0. The predicted octanol–water partition coefficient (Wildman–Crippen LogP) is 6.17. The highest BCUT2D eigenvalue weighted by molar-refractivity contribution is 7.99. The van der Waals surface area contributed by atoms with Gasteiger partial charge < -0.3 is 4.74 Å². The normalized spacial score (nSPS) is 10.8. The highest BCUT2D eigenvalue weighted by atomic mass is 32.2. The highest BCUT2D eigenvalue weighted by Gasteiger charge is 2.10. The number of hydrogen-bond acceptors (Lipinski definition) is 5. The number of aryl methyl sites for hydroxylation is 2. The maximum atomic E-state index is 11.4. The topological polar surface area (TPSA) is 39.2 Å². The molecular weight excluding hydrogens is 362 g/mol. The Bertz CT molecular complexity index is 652. The van der Waals surface area contributed by atoms with Gasteiger partial charge in [0.1, 0.15) is 0 Å². The maximum Gasteiger partial charge on any atom is 0.357 e. The van der Waals surface area contributed by atoms with E-state index in [-0.39, 0.29) is 5.97 Å². The molecule has 0 radical (unpaired) electrons. The van der Waals surface area contributed by atoms with Gasteiger partial charge in [-0.2, -0.15) is 0 Å². The minimum Gasteiger partial charge on any atom is -0.464 e. The number of thioether (sulfide) groups is 1. The molecule has 0 saturated heterocycles.